The summed E-state index contributed by atoms with van der Waals surface area (Å²) in [5.41, 5.74) is -0.938. The summed E-state index contributed by atoms with van der Waals surface area (Å²) in [5.74, 6) is -0.693. The molecule has 164 valence electrons. The summed E-state index contributed by atoms with van der Waals surface area (Å²) in [6.45, 7) is 2.17. The lowest BCUT2D eigenvalue weighted by Crippen LogP contribution is -2.49. The SMILES string of the molecule is Cc1nc([C@](C)(CS(C)(=O)=O)NC(=O)c2cc(OCC(F)F)c(C3CC3)cn2)no1. The number of hydrogen-bond donors (Lipinski definition) is 1. The molecule has 1 N–H and O–H groups in total. The predicted molar refractivity (Wildman–Crippen MR) is 101 cm³/mol. The van der Waals surface area contributed by atoms with Crippen molar-refractivity contribution in [1.29, 1.82) is 0 Å². The first-order valence-electron chi connectivity index (χ1n) is 9.19. The lowest BCUT2D eigenvalue weighted by molar-refractivity contribution is 0.0811. The maximum atomic E-state index is 12.9. The number of sulfone groups is 1. The van der Waals surface area contributed by atoms with Crippen LogP contribution in [0.4, 0.5) is 8.78 Å². The highest BCUT2D eigenvalue weighted by Crippen LogP contribution is 2.44. The fraction of sp³-hybridized carbons (Fsp3) is 0.556. The van der Waals surface area contributed by atoms with Crippen molar-refractivity contribution in [2.24, 2.45) is 0 Å². The number of nitrogens with one attached hydrogen (secondary N) is 1. The van der Waals surface area contributed by atoms with Gasteiger partial charge in [-0.3, -0.25) is 9.78 Å². The van der Waals surface area contributed by atoms with Crippen LogP contribution in [-0.4, -0.2) is 54.5 Å². The lowest BCUT2D eigenvalue weighted by atomic mass is 10.0. The van der Waals surface area contributed by atoms with E-state index in [9.17, 15) is 22.0 Å². The Labute approximate surface area is 172 Å². The van der Waals surface area contributed by atoms with Crippen molar-refractivity contribution in [3.05, 3.63) is 35.2 Å². The van der Waals surface area contributed by atoms with Gasteiger partial charge in [-0.05, 0) is 25.7 Å². The van der Waals surface area contributed by atoms with Crippen LogP contribution in [0.15, 0.2) is 16.8 Å². The van der Waals surface area contributed by atoms with E-state index in [0.29, 0.717) is 5.56 Å². The molecule has 0 bridgehead atoms. The molecule has 2 aromatic rings. The number of aromatic nitrogens is 3. The molecule has 1 saturated carbocycles. The van der Waals surface area contributed by atoms with Crippen molar-refractivity contribution in [3.8, 4) is 5.75 Å². The second-order valence-corrected chi connectivity index (χ2v) is 9.72. The molecule has 1 aliphatic rings. The van der Waals surface area contributed by atoms with Gasteiger partial charge in [-0.1, -0.05) is 5.16 Å². The van der Waals surface area contributed by atoms with Crippen LogP contribution in [0.5, 0.6) is 5.75 Å². The number of alkyl halides is 2. The van der Waals surface area contributed by atoms with Crippen LogP contribution >= 0.6 is 0 Å². The zero-order valence-corrected chi connectivity index (χ0v) is 17.5. The van der Waals surface area contributed by atoms with Gasteiger partial charge in [0.25, 0.3) is 12.3 Å². The van der Waals surface area contributed by atoms with Gasteiger partial charge in [0.05, 0.1) is 5.75 Å². The third-order valence-corrected chi connectivity index (χ3v) is 5.57. The Hall–Kier alpha value is -2.63. The van der Waals surface area contributed by atoms with Crippen LogP contribution in [0.1, 0.15) is 53.5 Å². The fourth-order valence-corrected chi connectivity index (χ4v) is 4.32. The summed E-state index contributed by atoms with van der Waals surface area (Å²) in [4.78, 5) is 21.0. The molecule has 2 heterocycles. The molecule has 3 rings (SSSR count). The summed E-state index contributed by atoms with van der Waals surface area (Å²) >= 11 is 0. The Kier molecular flexibility index (Phi) is 6.06. The average molecular weight is 444 g/mol. The number of halogens is 2. The third kappa shape index (κ3) is 5.49. The molecule has 2 aromatic heterocycles. The van der Waals surface area contributed by atoms with Gasteiger partial charge in [0.15, 0.2) is 5.82 Å². The van der Waals surface area contributed by atoms with E-state index in [4.69, 9.17) is 9.26 Å². The normalized spacial score (nSPS) is 16.3. The largest absolute Gasteiger partial charge is 0.487 e. The van der Waals surface area contributed by atoms with Crippen LogP contribution in [0.25, 0.3) is 0 Å². The van der Waals surface area contributed by atoms with Crippen molar-refractivity contribution < 1.29 is 31.3 Å². The van der Waals surface area contributed by atoms with E-state index < -0.39 is 40.1 Å². The van der Waals surface area contributed by atoms with Gasteiger partial charge >= 0.3 is 0 Å². The first-order valence-corrected chi connectivity index (χ1v) is 11.2. The molecule has 1 aliphatic carbocycles. The number of pyridine rings is 1. The standard InChI is InChI=1S/C18H22F2N4O5S/c1-10-22-17(24-29-10)18(2,9-30(3,26)27)23-16(25)13-6-14(28-8-15(19)20)12(7-21-13)11-4-5-11/h6-7,11,15H,4-5,8-9H2,1-3H3,(H,23,25)/t18-/m0/s1. The Balaban J connectivity index is 1.89. The zero-order valence-electron chi connectivity index (χ0n) is 16.7. The molecule has 9 nitrogen and oxygen atoms in total. The summed E-state index contributed by atoms with van der Waals surface area (Å²) in [5, 5.41) is 6.32. The van der Waals surface area contributed by atoms with E-state index in [2.05, 4.69) is 20.4 Å². The summed E-state index contributed by atoms with van der Waals surface area (Å²) < 4.78 is 59.2. The highest BCUT2D eigenvalue weighted by Gasteiger charge is 2.38. The van der Waals surface area contributed by atoms with E-state index in [1.54, 1.807) is 0 Å². The van der Waals surface area contributed by atoms with Crippen molar-refractivity contribution >= 4 is 15.7 Å². The van der Waals surface area contributed by atoms with Gasteiger partial charge in [-0.2, -0.15) is 4.98 Å². The minimum atomic E-state index is -3.55. The van der Waals surface area contributed by atoms with Crippen molar-refractivity contribution in [3.63, 3.8) is 0 Å². The van der Waals surface area contributed by atoms with E-state index in [-0.39, 0.29) is 29.1 Å². The molecule has 0 saturated heterocycles. The quantitative estimate of drug-likeness (QED) is 0.623. The molecular weight excluding hydrogens is 422 g/mol. The topological polar surface area (TPSA) is 124 Å². The average Bonchev–Trinajstić information content (AvgIpc) is 3.38. The molecule has 12 heteroatoms. The third-order valence-electron chi connectivity index (χ3n) is 4.47. The molecular formula is C18H22F2N4O5S. The van der Waals surface area contributed by atoms with Crippen LogP contribution in [-0.2, 0) is 15.4 Å². The number of carbonyl (C=O) groups excluding carboxylic acids is 1. The molecule has 1 atom stereocenters. The van der Waals surface area contributed by atoms with Crippen molar-refractivity contribution in [2.45, 2.75) is 44.6 Å². The molecule has 0 unspecified atom stereocenters. The summed E-state index contributed by atoms with van der Waals surface area (Å²) in [7, 11) is -3.55. The molecule has 1 fully saturated rings. The molecule has 0 aliphatic heterocycles. The molecule has 0 spiro atoms. The number of aryl methyl sites for hydroxylation is 1. The highest BCUT2D eigenvalue weighted by atomic mass is 32.2. The van der Waals surface area contributed by atoms with E-state index >= 15 is 0 Å². The molecule has 0 aromatic carbocycles. The summed E-state index contributed by atoms with van der Waals surface area (Å²) in [6.07, 6.45) is 1.56. The van der Waals surface area contributed by atoms with Gasteiger partial charge in [0.1, 0.15) is 33.4 Å². The van der Waals surface area contributed by atoms with E-state index in [0.717, 1.165) is 19.1 Å². The predicted octanol–water partition coefficient (Wildman–Crippen LogP) is 1.98. The molecule has 30 heavy (non-hydrogen) atoms. The van der Waals surface area contributed by atoms with Crippen LogP contribution in [0, 0.1) is 6.92 Å². The minimum Gasteiger partial charge on any atom is -0.487 e. The highest BCUT2D eigenvalue weighted by molar-refractivity contribution is 7.90. The Bertz CT molecular complexity index is 1040. The van der Waals surface area contributed by atoms with Gasteiger partial charge < -0.3 is 14.6 Å². The number of carbonyl (C=O) groups is 1. The van der Waals surface area contributed by atoms with Crippen LogP contribution in [0.2, 0.25) is 0 Å². The number of rotatable bonds is 9. The zero-order chi connectivity index (χ0) is 22.1. The van der Waals surface area contributed by atoms with Crippen molar-refractivity contribution in [1.82, 2.24) is 20.4 Å². The number of hydrogen-bond acceptors (Lipinski definition) is 8. The van der Waals surface area contributed by atoms with Gasteiger partial charge in [0.2, 0.25) is 5.89 Å². The van der Waals surface area contributed by atoms with Gasteiger partial charge in [-0.25, -0.2) is 17.2 Å². The first-order chi connectivity index (χ1) is 14.0. The first kappa shape index (κ1) is 22.1. The second kappa shape index (κ2) is 8.25. The number of ether oxygens (including phenoxy) is 1. The molecule has 1 amide bonds. The van der Waals surface area contributed by atoms with E-state index in [1.807, 2.05) is 0 Å². The maximum absolute atomic E-state index is 12.9. The Morgan fingerprint density at radius 2 is 2.13 bits per heavy atom. The minimum absolute atomic E-state index is 0.0115. The smallest absolute Gasteiger partial charge is 0.272 e. The lowest BCUT2D eigenvalue weighted by Gasteiger charge is -2.26. The number of nitrogens with zero attached hydrogens (tertiary/aromatic N) is 3. The fourth-order valence-electron chi connectivity index (χ4n) is 3.07. The van der Waals surface area contributed by atoms with Gasteiger partial charge in [-0.15, -0.1) is 0 Å². The Morgan fingerprint density at radius 1 is 1.43 bits per heavy atom. The number of amides is 1. The second-order valence-electron chi connectivity index (χ2n) is 7.58. The monoisotopic (exact) mass is 444 g/mol. The van der Waals surface area contributed by atoms with Crippen LogP contribution < -0.4 is 10.1 Å². The van der Waals surface area contributed by atoms with Crippen molar-refractivity contribution in [2.75, 3.05) is 18.6 Å². The Morgan fingerprint density at radius 3 is 2.67 bits per heavy atom. The van der Waals surface area contributed by atoms with Crippen LogP contribution in [0.3, 0.4) is 0 Å². The van der Waals surface area contributed by atoms with Gasteiger partial charge in [0, 0.05) is 31.0 Å². The molecule has 0 radical (unpaired) electrons. The maximum Gasteiger partial charge on any atom is 0.272 e. The summed E-state index contributed by atoms with van der Waals surface area (Å²) in [6, 6.07) is 1.29. The van der Waals surface area contributed by atoms with E-state index in [1.165, 1.54) is 26.1 Å².